The Hall–Kier alpha value is -1.64. The molecule has 9 aliphatic rings. The predicted octanol–water partition coefficient (Wildman–Crippen LogP) is -14.5. The Morgan fingerprint density at radius 3 is 0.830 bits per heavy atom. The first kappa shape index (κ1) is 82.4. The first-order chi connectivity index (χ1) is 47.4. The smallest absolute Gasteiger partial charge is 0.187 e. The van der Waals surface area contributed by atoms with E-state index in [0.717, 1.165) is 0 Å². The molecule has 9 fully saturated rings. The molecule has 9 saturated heterocycles. The molecule has 9 aliphatic heterocycles. The second kappa shape index (κ2) is 35.6. The van der Waals surface area contributed by atoms with Gasteiger partial charge >= 0.3 is 0 Å². The third-order valence-electron chi connectivity index (χ3n) is 20.5. The van der Waals surface area contributed by atoms with Crippen molar-refractivity contribution in [3.05, 3.63) is 0 Å². The molecular formula is C59H102O41. The molecule has 45 atom stereocenters. The van der Waals surface area contributed by atoms with Gasteiger partial charge in [0.2, 0.25) is 0 Å². The van der Waals surface area contributed by atoms with E-state index in [9.17, 15) is 123 Å². The molecule has 0 spiro atoms. The van der Waals surface area contributed by atoms with Gasteiger partial charge in [-0.3, -0.25) is 0 Å². The summed E-state index contributed by atoms with van der Waals surface area (Å²) in [5.74, 6) is -4.27. The molecule has 24 N–H and O–H groups in total. The van der Waals surface area contributed by atoms with Crippen molar-refractivity contribution in [3.63, 3.8) is 0 Å². The molecule has 18 unspecified atom stereocenters. The van der Waals surface area contributed by atoms with E-state index in [1.807, 2.05) is 0 Å². The summed E-state index contributed by atoms with van der Waals surface area (Å²) in [5, 5.41) is 263. The Labute approximate surface area is 571 Å². The van der Waals surface area contributed by atoms with E-state index < -0.39 is 335 Å². The van der Waals surface area contributed by atoms with Gasteiger partial charge in [-0.2, -0.15) is 0 Å². The van der Waals surface area contributed by atoms with Gasteiger partial charge in [-0.25, -0.2) is 0 Å². The topological polar surface area (TPSA) is 642 Å². The molecule has 0 aliphatic carbocycles. The number of hydrogen-bond donors (Lipinski definition) is 24. The van der Waals surface area contributed by atoms with Crippen LogP contribution < -0.4 is 0 Å². The second-order valence-electron chi connectivity index (χ2n) is 27.0. The zero-order chi connectivity index (χ0) is 73.4. The molecule has 0 radical (unpaired) electrons. The fourth-order valence-electron chi connectivity index (χ4n) is 13.8. The Morgan fingerprint density at radius 1 is 0.200 bits per heavy atom. The van der Waals surface area contributed by atoms with Crippen LogP contribution in [-0.4, -0.2) is 434 Å². The van der Waals surface area contributed by atoms with Crippen LogP contribution in [0.15, 0.2) is 0 Å². The molecule has 0 aromatic carbocycles. The lowest BCUT2D eigenvalue weighted by Crippen LogP contribution is -2.68. The summed E-state index contributed by atoms with van der Waals surface area (Å²) >= 11 is 0. The van der Waals surface area contributed by atoms with Crippen molar-refractivity contribution in [2.45, 2.75) is 286 Å². The first-order valence-corrected chi connectivity index (χ1v) is 33.3. The average Bonchev–Trinajstić information content (AvgIpc) is 0.775. The lowest BCUT2D eigenvalue weighted by atomic mass is 9.88. The minimum atomic E-state index is -2.32. The summed E-state index contributed by atoms with van der Waals surface area (Å²) in [6.45, 7) is -0.769. The highest BCUT2D eigenvalue weighted by Crippen LogP contribution is 2.42. The van der Waals surface area contributed by atoms with Gasteiger partial charge in [-0.1, -0.05) is 27.7 Å². The minimum Gasteiger partial charge on any atom is -0.394 e. The molecule has 100 heavy (non-hydrogen) atoms. The standard InChI is InChI=1S/C59H102O41/c1-15-19(5)85-24(10-64)45(29(15)68)94-52-16(2)30(69)48(27(13-67)90-52)97-57-44(83)49(98-59-51(41(80)36(75)23(9-63)89-59)100-54-18(4)32(71)47(26(12-66)92-54)96-56-43(82)39(78)34(73)21(7-61)87-56)37(76)28(93-57)14-84-58-50(40(79)35(74)22(8-62)88-58)99-53-17(3)31(70)46(25(11-65)91-53)95-55-42(81)38(77)33(72)20(6-60)86-55/h15-83H,6-14H2,1-5H3/t15-,16+,17?,18+,19+,20?,21?,22?,23-,24?,25+,26?,27?,28?,29?,30?,31?,32?,33+,34+,35-,36-,37-,38?,39?,40?,41?,42+,43+,44-,45-,46-,47-,48-,49?,50-,51?,52+,53+,54+,55+,56+,57+,58+,59-/m1/s1. The summed E-state index contributed by atoms with van der Waals surface area (Å²) in [6, 6.07) is 0. The van der Waals surface area contributed by atoms with E-state index in [-0.39, 0.29) is 0 Å². The van der Waals surface area contributed by atoms with Crippen molar-refractivity contribution in [2.75, 3.05) is 59.5 Å². The van der Waals surface area contributed by atoms with Crippen molar-refractivity contribution < 1.29 is 203 Å². The monoisotopic (exact) mass is 1470 g/mol. The Morgan fingerprint density at radius 2 is 0.460 bits per heavy atom. The van der Waals surface area contributed by atoms with Gasteiger partial charge in [0.15, 0.2) is 50.3 Å². The Balaban J connectivity index is 0.986. The molecule has 0 aromatic heterocycles. The molecule has 0 amide bonds. The van der Waals surface area contributed by atoms with Crippen LogP contribution in [0, 0.1) is 23.7 Å². The quantitative estimate of drug-likeness (QED) is 0.0404. The van der Waals surface area contributed by atoms with Crippen molar-refractivity contribution in [3.8, 4) is 0 Å². The van der Waals surface area contributed by atoms with Gasteiger partial charge in [0, 0.05) is 23.7 Å². The highest BCUT2D eigenvalue weighted by atomic mass is 16.8. The molecule has 9 rings (SSSR count). The van der Waals surface area contributed by atoms with Crippen molar-refractivity contribution in [1.29, 1.82) is 0 Å². The summed E-state index contributed by atoms with van der Waals surface area (Å²) in [7, 11) is 0. The summed E-state index contributed by atoms with van der Waals surface area (Å²) in [5.41, 5.74) is 0. The van der Waals surface area contributed by atoms with E-state index in [0.29, 0.717) is 0 Å². The normalized spacial score (nSPS) is 53.7. The Kier molecular flexibility index (Phi) is 29.3. The zero-order valence-electron chi connectivity index (χ0n) is 55.0. The highest BCUT2D eigenvalue weighted by molar-refractivity contribution is 5.02. The molecule has 0 saturated carbocycles. The minimum absolute atomic E-state index is 0.522. The molecule has 9 heterocycles. The molecular weight excluding hydrogens is 1360 g/mol. The molecule has 0 aromatic rings. The van der Waals surface area contributed by atoms with Gasteiger partial charge in [0.05, 0.1) is 90.0 Å². The van der Waals surface area contributed by atoms with E-state index >= 15 is 0 Å². The SMILES string of the molecule is CC1C(O)[C@H](O[C@@H]2OC(CO)[C@H](O)C(O)[C@@H]2O)[C@H](CO)O[C@H]1O[C@@H]1C(O)[C@H](O)C(CO)O[C@@H]1OCC1O[C@@H](O[C@@H]2C(CO)O[C@@H](O[C@@H]3C(CO)O[C@@H](C)[C@@H](C)C3O)[C@@H](C)C2O)[C@H](O)C(O[C@H]2O[C@H](CO)[C@@H](O)C(O)C2O[C@@H]2OC(CO)[C@@H](O[C@@H]3OC(CO)[C@H](O)C(O)[C@@H]3O)C(O)[C@@H]2C)[C@@H]1O. The number of ether oxygens (including phenoxy) is 17. The van der Waals surface area contributed by atoms with Crippen LogP contribution in [0.3, 0.4) is 0 Å². The summed E-state index contributed by atoms with van der Waals surface area (Å²) in [6.07, 6.45) is -72.7. The molecule has 584 valence electrons. The van der Waals surface area contributed by atoms with Gasteiger partial charge in [0.1, 0.15) is 171 Å². The maximum Gasteiger partial charge on any atom is 0.187 e. The third kappa shape index (κ3) is 17.0. The van der Waals surface area contributed by atoms with E-state index in [1.165, 1.54) is 20.8 Å². The van der Waals surface area contributed by atoms with Crippen LogP contribution >= 0.6 is 0 Å². The average molecular weight is 1470 g/mol. The predicted molar refractivity (Wildman–Crippen MR) is 313 cm³/mol. The maximum atomic E-state index is 12.5. The van der Waals surface area contributed by atoms with E-state index in [1.54, 1.807) is 13.8 Å². The van der Waals surface area contributed by atoms with Crippen molar-refractivity contribution in [2.24, 2.45) is 23.7 Å². The van der Waals surface area contributed by atoms with Gasteiger partial charge < -0.3 is 203 Å². The van der Waals surface area contributed by atoms with Gasteiger partial charge in [-0.15, -0.1) is 0 Å². The third-order valence-corrected chi connectivity index (χ3v) is 20.5. The number of aliphatic hydroxyl groups excluding tert-OH is 24. The van der Waals surface area contributed by atoms with Gasteiger partial charge in [-0.05, 0) is 6.92 Å². The van der Waals surface area contributed by atoms with Crippen molar-refractivity contribution >= 4 is 0 Å². The van der Waals surface area contributed by atoms with E-state index in [2.05, 4.69) is 0 Å². The Bertz CT molecular complexity index is 2450. The van der Waals surface area contributed by atoms with Crippen LogP contribution in [-0.2, 0) is 80.5 Å². The molecule has 0 bridgehead atoms. The van der Waals surface area contributed by atoms with Crippen LogP contribution in [0.2, 0.25) is 0 Å². The number of aliphatic hydroxyl groups is 24. The zero-order valence-corrected chi connectivity index (χ0v) is 55.0. The maximum absolute atomic E-state index is 12.5. The fraction of sp³-hybridized carbons (Fsp3) is 1.00. The molecule has 41 nitrogen and oxygen atoms in total. The van der Waals surface area contributed by atoms with Crippen molar-refractivity contribution in [1.82, 2.24) is 0 Å². The number of rotatable bonds is 25. The van der Waals surface area contributed by atoms with Gasteiger partial charge in [0.25, 0.3) is 0 Å². The second-order valence-corrected chi connectivity index (χ2v) is 27.0. The van der Waals surface area contributed by atoms with Crippen LogP contribution in [0.25, 0.3) is 0 Å². The lowest BCUT2D eigenvalue weighted by molar-refractivity contribution is -0.402. The summed E-state index contributed by atoms with van der Waals surface area (Å²) < 4.78 is 102. The molecule has 41 heteroatoms. The van der Waals surface area contributed by atoms with Crippen LogP contribution in [0.1, 0.15) is 34.6 Å². The largest absolute Gasteiger partial charge is 0.394 e. The fourth-order valence-corrected chi connectivity index (χ4v) is 13.8. The lowest BCUT2D eigenvalue weighted by Gasteiger charge is -2.51. The summed E-state index contributed by atoms with van der Waals surface area (Å²) in [4.78, 5) is 0. The van der Waals surface area contributed by atoms with Crippen LogP contribution in [0.5, 0.6) is 0 Å². The first-order valence-electron chi connectivity index (χ1n) is 33.3. The highest BCUT2D eigenvalue weighted by Gasteiger charge is 2.60. The number of hydrogen-bond acceptors (Lipinski definition) is 41. The van der Waals surface area contributed by atoms with E-state index in [4.69, 9.17) is 80.5 Å². The van der Waals surface area contributed by atoms with Crippen LogP contribution in [0.4, 0.5) is 0 Å².